The van der Waals surface area contributed by atoms with E-state index in [9.17, 15) is 4.79 Å². The number of piperidine rings is 1. The van der Waals surface area contributed by atoms with Crippen molar-refractivity contribution < 1.29 is 14.3 Å². The van der Waals surface area contributed by atoms with Crippen molar-refractivity contribution in [3.05, 3.63) is 0 Å². The van der Waals surface area contributed by atoms with Crippen LogP contribution < -0.4 is 0 Å². The van der Waals surface area contributed by atoms with Crippen LogP contribution in [0.3, 0.4) is 0 Å². The highest BCUT2D eigenvalue weighted by molar-refractivity contribution is 5.81. The Labute approximate surface area is 128 Å². The van der Waals surface area contributed by atoms with Gasteiger partial charge in [-0.3, -0.25) is 9.69 Å². The van der Waals surface area contributed by atoms with Gasteiger partial charge in [0, 0.05) is 25.6 Å². The molecular weight excluding hydrogens is 268 g/mol. The van der Waals surface area contributed by atoms with Gasteiger partial charge in [0.25, 0.3) is 0 Å². The van der Waals surface area contributed by atoms with Crippen LogP contribution in [0, 0.1) is 5.92 Å². The third-order valence-electron chi connectivity index (χ3n) is 4.64. The van der Waals surface area contributed by atoms with Crippen LogP contribution in [0.5, 0.6) is 0 Å². The second-order valence-electron chi connectivity index (χ2n) is 6.48. The number of rotatable bonds is 6. The number of likely N-dealkylation sites (N-methyl/N-ethyl adjacent to an activating group) is 1. The molecule has 0 aliphatic carbocycles. The lowest BCUT2D eigenvalue weighted by molar-refractivity contribution is -0.139. The first-order chi connectivity index (χ1) is 10.1. The first-order valence-electron chi connectivity index (χ1n) is 8.26. The van der Waals surface area contributed by atoms with Crippen molar-refractivity contribution in [1.29, 1.82) is 0 Å². The molecule has 0 saturated carbocycles. The van der Waals surface area contributed by atoms with Crippen molar-refractivity contribution in [3.63, 3.8) is 0 Å². The van der Waals surface area contributed by atoms with E-state index in [1.165, 1.54) is 0 Å². The molecule has 2 heterocycles. The molecule has 2 saturated heterocycles. The quantitative estimate of drug-likeness (QED) is 0.743. The van der Waals surface area contributed by atoms with Gasteiger partial charge >= 0.3 is 0 Å². The van der Waals surface area contributed by atoms with Gasteiger partial charge in [0.2, 0.25) is 5.91 Å². The zero-order valence-corrected chi connectivity index (χ0v) is 13.7. The molecule has 21 heavy (non-hydrogen) atoms. The van der Waals surface area contributed by atoms with Crippen LogP contribution in [0.2, 0.25) is 0 Å². The summed E-state index contributed by atoms with van der Waals surface area (Å²) in [5.41, 5.74) is 0. The van der Waals surface area contributed by atoms with Crippen LogP contribution in [0.1, 0.15) is 32.6 Å². The summed E-state index contributed by atoms with van der Waals surface area (Å²) in [5.74, 6) is 0.841. The molecule has 0 aromatic rings. The molecule has 0 radical (unpaired) electrons. The molecule has 0 aromatic heterocycles. The second-order valence-corrected chi connectivity index (χ2v) is 6.48. The highest BCUT2D eigenvalue weighted by Gasteiger charge is 2.29. The molecule has 0 unspecified atom stereocenters. The number of hydrogen-bond donors (Lipinski definition) is 0. The molecule has 5 heteroatoms. The summed E-state index contributed by atoms with van der Waals surface area (Å²) >= 11 is 0. The fourth-order valence-corrected chi connectivity index (χ4v) is 3.20. The van der Waals surface area contributed by atoms with E-state index in [-0.39, 0.29) is 11.9 Å². The molecule has 0 bridgehead atoms. The van der Waals surface area contributed by atoms with Gasteiger partial charge in [0.1, 0.15) is 0 Å². The molecular formula is C16H30N2O3. The zero-order valence-electron chi connectivity index (χ0n) is 13.7. The van der Waals surface area contributed by atoms with E-state index in [4.69, 9.17) is 9.47 Å². The van der Waals surface area contributed by atoms with Crippen LogP contribution in [-0.2, 0) is 14.3 Å². The van der Waals surface area contributed by atoms with Crippen LogP contribution in [-0.4, -0.2) is 74.9 Å². The maximum Gasteiger partial charge on any atom is 0.239 e. The largest absolute Gasteiger partial charge is 0.381 e. The lowest BCUT2D eigenvalue weighted by Gasteiger charge is -2.35. The summed E-state index contributed by atoms with van der Waals surface area (Å²) in [5, 5.41) is 0. The van der Waals surface area contributed by atoms with Crippen molar-refractivity contribution in [2.45, 2.75) is 44.8 Å². The van der Waals surface area contributed by atoms with E-state index in [0.29, 0.717) is 12.0 Å². The maximum absolute atomic E-state index is 12.5. The SMILES string of the molecule is CC[C@H](C(=O)N1CCC(OC[C@@H]2CCOC2)CC1)N(C)C. The van der Waals surface area contributed by atoms with Crippen LogP contribution in [0.4, 0.5) is 0 Å². The lowest BCUT2D eigenvalue weighted by atomic mass is 10.0. The van der Waals surface area contributed by atoms with Gasteiger partial charge in [0.05, 0.1) is 25.4 Å². The number of likely N-dealkylation sites (tertiary alicyclic amines) is 1. The van der Waals surface area contributed by atoms with Gasteiger partial charge in [-0.25, -0.2) is 0 Å². The van der Waals surface area contributed by atoms with Crippen molar-refractivity contribution in [2.75, 3.05) is 47.0 Å². The van der Waals surface area contributed by atoms with E-state index < -0.39 is 0 Å². The first kappa shape index (κ1) is 16.7. The summed E-state index contributed by atoms with van der Waals surface area (Å²) in [6, 6.07) is 0.0121. The van der Waals surface area contributed by atoms with Crippen LogP contribution in [0.15, 0.2) is 0 Å². The highest BCUT2D eigenvalue weighted by atomic mass is 16.5. The van der Waals surface area contributed by atoms with Gasteiger partial charge in [-0.2, -0.15) is 0 Å². The van der Waals surface area contributed by atoms with E-state index in [1.807, 2.05) is 23.9 Å². The third-order valence-corrected chi connectivity index (χ3v) is 4.64. The Bertz CT molecular complexity index is 321. The Kier molecular flexibility index (Phi) is 6.45. The molecule has 122 valence electrons. The standard InChI is InChI=1S/C16H30N2O3/c1-4-15(17(2)3)16(19)18-8-5-14(6-9-18)21-12-13-7-10-20-11-13/h13-15H,4-12H2,1-3H3/t13-,15-/m1/s1. The molecule has 0 spiro atoms. The molecule has 5 nitrogen and oxygen atoms in total. The molecule has 0 aromatic carbocycles. The summed E-state index contributed by atoms with van der Waals surface area (Å²) in [4.78, 5) is 16.5. The molecule has 1 amide bonds. The monoisotopic (exact) mass is 298 g/mol. The highest BCUT2D eigenvalue weighted by Crippen LogP contribution is 2.19. The Balaban J connectivity index is 1.70. The molecule has 2 fully saturated rings. The van der Waals surface area contributed by atoms with Gasteiger partial charge in [-0.1, -0.05) is 6.92 Å². The average molecular weight is 298 g/mol. The summed E-state index contributed by atoms with van der Waals surface area (Å²) in [6.45, 7) is 6.27. The Hall–Kier alpha value is -0.650. The second kappa shape index (κ2) is 8.11. The zero-order chi connectivity index (χ0) is 15.2. The van der Waals surface area contributed by atoms with E-state index in [0.717, 1.165) is 58.6 Å². The molecule has 0 N–H and O–H groups in total. The van der Waals surface area contributed by atoms with Crippen molar-refractivity contribution in [1.82, 2.24) is 9.80 Å². The fraction of sp³-hybridized carbons (Fsp3) is 0.938. The Morgan fingerprint density at radius 3 is 2.57 bits per heavy atom. The molecule has 2 aliphatic rings. The van der Waals surface area contributed by atoms with E-state index in [2.05, 4.69) is 6.92 Å². The Morgan fingerprint density at radius 2 is 2.05 bits per heavy atom. The van der Waals surface area contributed by atoms with Crippen molar-refractivity contribution in [3.8, 4) is 0 Å². The number of hydrogen-bond acceptors (Lipinski definition) is 4. The normalized spacial score (nSPS) is 25.5. The Morgan fingerprint density at radius 1 is 1.33 bits per heavy atom. The summed E-state index contributed by atoms with van der Waals surface area (Å²) in [7, 11) is 3.96. The van der Waals surface area contributed by atoms with E-state index >= 15 is 0 Å². The summed E-state index contributed by atoms with van der Waals surface area (Å²) in [6.07, 6.45) is 4.23. The van der Waals surface area contributed by atoms with Gasteiger partial charge < -0.3 is 14.4 Å². The maximum atomic E-state index is 12.5. The number of carbonyl (C=O) groups is 1. The van der Waals surface area contributed by atoms with Crippen molar-refractivity contribution >= 4 is 5.91 Å². The molecule has 2 rings (SSSR count). The summed E-state index contributed by atoms with van der Waals surface area (Å²) < 4.78 is 11.4. The minimum atomic E-state index is 0.0121. The minimum Gasteiger partial charge on any atom is -0.381 e. The smallest absolute Gasteiger partial charge is 0.239 e. The predicted molar refractivity (Wildman–Crippen MR) is 82.2 cm³/mol. The molecule has 2 aliphatic heterocycles. The topological polar surface area (TPSA) is 42.0 Å². The number of carbonyl (C=O) groups excluding carboxylic acids is 1. The number of ether oxygens (including phenoxy) is 2. The first-order valence-corrected chi connectivity index (χ1v) is 8.26. The lowest BCUT2D eigenvalue weighted by Crippen LogP contribution is -2.49. The van der Waals surface area contributed by atoms with Crippen LogP contribution >= 0.6 is 0 Å². The van der Waals surface area contributed by atoms with Gasteiger partial charge in [0.15, 0.2) is 0 Å². The third kappa shape index (κ3) is 4.66. The van der Waals surface area contributed by atoms with Gasteiger partial charge in [-0.05, 0) is 39.8 Å². The fourth-order valence-electron chi connectivity index (χ4n) is 3.20. The predicted octanol–water partition coefficient (Wildman–Crippen LogP) is 1.37. The van der Waals surface area contributed by atoms with Gasteiger partial charge in [-0.15, -0.1) is 0 Å². The average Bonchev–Trinajstić information content (AvgIpc) is 2.99. The van der Waals surface area contributed by atoms with Crippen molar-refractivity contribution in [2.24, 2.45) is 5.92 Å². The van der Waals surface area contributed by atoms with E-state index in [1.54, 1.807) is 0 Å². The minimum absolute atomic E-state index is 0.0121. The van der Waals surface area contributed by atoms with Crippen LogP contribution in [0.25, 0.3) is 0 Å². The number of nitrogens with zero attached hydrogens (tertiary/aromatic N) is 2. The number of amides is 1. The molecule has 2 atom stereocenters.